The molecule has 2 aromatic carbocycles. The maximum Gasteiger partial charge on any atom is 0.340 e. The summed E-state index contributed by atoms with van der Waals surface area (Å²) in [5.41, 5.74) is 2.51. The van der Waals surface area contributed by atoms with Gasteiger partial charge in [0.05, 0.1) is 12.2 Å². The highest BCUT2D eigenvalue weighted by atomic mass is 35.5. The molecule has 0 atom stereocenters. The summed E-state index contributed by atoms with van der Waals surface area (Å²) in [5, 5.41) is 0.731. The normalized spacial score (nSPS) is 10.3. The van der Waals surface area contributed by atoms with E-state index >= 15 is 0 Å². The molecule has 0 aliphatic carbocycles. The average molecular weight is 368 g/mol. The molecule has 4 nitrogen and oxygen atoms in total. The summed E-state index contributed by atoms with van der Waals surface area (Å²) in [5.74, 6) is 0.391. The van der Waals surface area contributed by atoms with Crippen LogP contribution in [0.15, 0.2) is 73.1 Å². The Labute approximate surface area is 157 Å². The Kier molecular flexibility index (Phi) is 6.23. The van der Waals surface area contributed by atoms with Crippen molar-refractivity contribution in [2.45, 2.75) is 13.0 Å². The minimum atomic E-state index is -0.388. The summed E-state index contributed by atoms with van der Waals surface area (Å²) >= 11 is 5.87. The molecular weight excluding hydrogens is 350 g/mol. The summed E-state index contributed by atoms with van der Waals surface area (Å²) in [6, 6.07) is 18.6. The Hall–Kier alpha value is -2.85. The molecule has 0 saturated heterocycles. The van der Waals surface area contributed by atoms with E-state index in [0.717, 1.165) is 22.8 Å². The van der Waals surface area contributed by atoms with Crippen molar-refractivity contribution >= 4 is 17.6 Å². The Morgan fingerprint density at radius 2 is 1.69 bits per heavy atom. The fraction of sp³-hybridized carbons (Fsp3) is 0.143. The molecule has 0 fully saturated rings. The molecule has 0 unspecified atom stereocenters. The van der Waals surface area contributed by atoms with Gasteiger partial charge in [-0.2, -0.15) is 0 Å². The lowest BCUT2D eigenvalue weighted by Crippen LogP contribution is -2.05. The summed E-state index contributed by atoms with van der Waals surface area (Å²) in [6.07, 6.45) is 3.91. The van der Waals surface area contributed by atoms with E-state index in [1.54, 1.807) is 18.3 Å². The van der Waals surface area contributed by atoms with Gasteiger partial charge in [0.2, 0.25) is 0 Å². The van der Waals surface area contributed by atoms with Crippen LogP contribution < -0.4 is 4.74 Å². The molecule has 5 heteroatoms. The van der Waals surface area contributed by atoms with Crippen LogP contribution in [0.4, 0.5) is 0 Å². The number of halogens is 1. The molecule has 1 aromatic heterocycles. The predicted molar refractivity (Wildman–Crippen MR) is 100 cm³/mol. The smallest absolute Gasteiger partial charge is 0.340 e. The van der Waals surface area contributed by atoms with Crippen LogP contribution in [0.3, 0.4) is 0 Å². The number of esters is 1. The fourth-order valence-electron chi connectivity index (χ4n) is 2.34. The molecule has 0 saturated carbocycles. The number of benzene rings is 2. The van der Waals surface area contributed by atoms with Crippen LogP contribution in [0.25, 0.3) is 0 Å². The molecule has 0 spiro atoms. The minimum Gasteiger partial charge on any atom is -0.493 e. The van der Waals surface area contributed by atoms with Crippen molar-refractivity contribution in [1.29, 1.82) is 0 Å². The number of aromatic nitrogens is 1. The van der Waals surface area contributed by atoms with E-state index in [9.17, 15) is 4.79 Å². The lowest BCUT2D eigenvalue weighted by atomic mass is 10.2. The maximum absolute atomic E-state index is 11.9. The van der Waals surface area contributed by atoms with Crippen molar-refractivity contribution in [1.82, 2.24) is 4.98 Å². The molecule has 0 bridgehead atoms. The third kappa shape index (κ3) is 5.33. The number of carbonyl (C=O) groups is 1. The fourth-order valence-corrected chi connectivity index (χ4v) is 2.46. The first-order valence-corrected chi connectivity index (χ1v) is 8.62. The summed E-state index contributed by atoms with van der Waals surface area (Å²) in [6.45, 7) is 0.787. The van der Waals surface area contributed by atoms with Gasteiger partial charge in [-0.05, 0) is 47.5 Å². The van der Waals surface area contributed by atoms with Gasteiger partial charge in [0, 0.05) is 23.8 Å². The van der Waals surface area contributed by atoms with Crippen LogP contribution in [0.1, 0.15) is 21.5 Å². The third-order valence-corrected chi connectivity index (χ3v) is 4.02. The van der Waals surface area contributed by atoms with E-state index in [4.69, 9.17) is 21.1 Å². The third-order valence-electron chi connectivity index (χ3n) is 3.76. The van der Waals surface area contributed by atoms with Crippen molar-refractivity contribution in [2.24, 2.45) is 0 Å². The molecule has 132 valence electrons. The quantitative estimate of drug-likeness (QED) is 0.567. The Morgan fingerprint density at radius 1 is 0.962 bits per heavy atom. The van der Waals surface area contributed by atoms with Crippen LogP contribution in [0, 0.1) is 0 Å². The average Bonchev–Trinajstić information content (AvgIpc) is 2.69. The standard InChI is InChI=1S/C21H18ClNO3/c22-19-7-3-16(4-8-19)11-13-25-20-9-5-17(6-10-20)15-26-21(24)18-2-1-12-23-14-18/h1-10,12,14H,11,13,15H2. The van der Waals surface area contributed by atoms with Gasteiger partial charge in [0.15, 0.2) is 0 Å². The van der Waals surface area contributed by atoms with Gasteiger partial charge in [0.25, 0.3) is 0 Å². The largest absolute Gasteiger partial charge is 0.493 e. The van der Waals surface area contributed by atoms with Gasteiger partial charge < -0.3 is 9.47 Å². The molecule has 0 N–H and O–H groups in total. The minimum absolute atomic E-state index is 0.207. The number of carbonyl (C=O) groups excluding carboxylic acids is 1. The van der Waals surface area contributed by atoms with E-state index in [-0.39, 0.29) is 12.6 Å². The summed E-state index contributed by atoms with van der Waals surface area (Å²) in [4.78, 5) is 15.8. The van der Waals surface area contributed by atoms with Gasteiger partial charge in [0.1, 0.15) is 12.4 Å². The lowest BCUT2D eigenvalue weighted by Gasteiger charge is -2.08. The maximum atomic E-state index is 11.9. The van der Waals surface area contributed by atoms with Crippen molar-refractivity contribution in [3.05, 3.63) is 94.8 Å². The molecule has 3 aromatic rings. The predicted octanol–water partition coefficient (Wildman–Crippen LogP) is 4.71. The molecule has 0 amide bonds. The molecule has 1 heterocycles. The molecule has 0 aliphatic heterocycles. The van der Waals surface area contributed by atoms with Crippen LogP contribution in [-0.2, 0) is 17.8 Å². The molecule has 0 radical (unpaired) electrons. The van der Waals surface area contributed by atoms with Crippen molar-refractivity contribution < 1.29 is 14.3 Å². The number of hydrogen-bond acceptors (Lipinski definition) is 4. The Bertz CT molecular complexity index is 833. The molecule has 0 aliphatic rings. The number of pyridine rings is 1. The highest BCUT2D eigenvalue weighted by Crippen LogP contribution is 2.15. The number of ether oxygens (including phenoxy) is 2. The van der Waals surface area contributed by atoms with Gasteiger partial charge >= 0.3 is 5.97 Å². The second-order valence-corrected chi connectivity index (χ2v) is 6.12. The first-order chi connectivity index (χ1) is 12.7. The Balaban J connectivity index is 1.44. The first-order valence-electron chi connectivity index (χ1n) is 8.24. The number of hydrogen-bond donors (Lipinski definition) is 0. The molecular formula is C21H18ClNO3. The van der Waals surface area contributed by atoms with E-state index in [0.29, 0.717) is 12.2 Å². The van der Waals surface area contributed by atoms with E-state index in [2.05, 4.69) is 4.98 Å². The highest BCUT2D eigenvalue weighted by molar-refractivity contribution is 6.30. The van der Waals surface area contributed by atoms with Crippen molar-refractivity contribution in [3.8, 4) is 5.75 Å². The summed E-state index contributed by atoms with van der Waals surface area (Å²) < 4.78 is 11.0. The number of rotatable bonds is 7. The zero-order valence-electron chi connectivity index (χ0n) is 14.1. The molecule has 26 heavy (non-hydrogen) atoms. The van der Waals surface area contributed by atoms with E-state index < -0.39 is 0 Å². The van der Waals surface area contributed by atoms with Crippen LogP contribution >= 0.6 is 11.6 Å². The second kappa shape index (κ2) is 9.02. The SMILES string of the molecule is O=C(OCc1ccc(OCCc2ccc(Cl)cc2)cc1)c1cccnc1. The highest BCUT2D eigenvalue weighted by Gasteiger charge is 2.07. The monoisotopic (exact) mass is 367 g/mol. The number of nitrogens with zero attached hydrogens (tertiary/aromatic N) is 1. The zero-order chi connectivity index (χ0) is 18.2. The second-order valence-electron chi connectivity index (χ2n) is 5.69. The van der Waals surface area contributed by atoms with E-state index in [1.165, 1.54) is 11.8 Å². The van der Waals surface area contributed by atoms with Crippen molar-refractivity contribution in [3.63, 3.8) is 0 Å². The van der Waals surface area contributed by atoms with Crippen LogP contribution in [0.2, 0.25) is 5.02 Å². The first kappa shape index (κ1) is 18.0. The molecule has 3 rings (SSSR count). The Morgan fingerprint density at radius 3 is 2.38 bits per heavy atom. The zero-order valence-corrected chi connectivity index (χ0v) is 14.9. The van der Waals surface area contributed by atoms with Gasteiger partial charge in [-0.15, -0.1) is 0 Å². The van der Waals surface area contributed by atoms with Crippen LogP contribution in [-0.4, -0.2) is 17.6 Å². The lowest BCUT2D eigenvalue weighted by molar-refractivity contribution is 0.0472. The van der Waals surface area contributed by atoms with Gasteiger partial charge in [-0.1, -0.05) is 35.9 Å². The summed E-state index contributed by atoms with van der Waals surface area (Å²) in [7, 11) is 0. The topological polar surface area (TPSA) is 48.4 Å². The van der Waals surface area contributed by atoms with Gasteiger partial charge in [-0.25, -0.2) is 4.79 Å². The van der Waals surface area contributed by atoms with Gasteiger partial charge in [-0.3, -0.25) is 4.98 Å². The van der Waals surface area contributed by atoms with Crippen molar-refractivity contribution in [2.75, 3.05) is 6.61 Å². The van der Waals surface area contributed by atoms with E-state index in [1.807, 2.05) is 48.5 Å². The van der Waals surface area contributed by atoms with Crippen LogP contribution in [0.5, 0.6) is 5.75 Å².